The van der Waals surface area contributed by atoms with Crippen LogP contribution in [0.15, 0.2) is 0 Å². The van der Waals surface area contributed by atoms with Crippen LogP contribution >= 0.6 is 0 Å². The van der Waals surface area contributed by atoms with Gasteiger partial charge in [0, 0.05) is 23.2 Å². The quantitative estimate of drug-likeness (QED) is 0.624. The fourth-order valence-electron chi connectivity index (χ4n) is 0.528. The van der Waals surface area contributed by atoms with Gasteiger partial charge < -0.3 is 9.11 Å². The maximum absolute atomic E-state index is 11.2. The Morgan fingerprint density at radius 3 is 1.33 bits per heavy atom. The molecule has 0 saturated carbocycles. The Kier molecular flexibility index (Phi) is 4.80. The molecule has 0 aliphatic rings. The largest absolute Gasteiger partial charge is 0.314 e. The zero-order chi connectivity index (χ0) is 12.3. The molecule has 0 amide bonds. The Morgan fingerprint density at radius 1 is 0.867 bits per heavy atom. The van der Waals surface area contributed by atoms with Crippen LogP contribution in [0.2, 0.25) is 0 Å². The van der Waals surface area contributed by atoms with Gasteiger partial charge in [0.25, 0.3) is 0 Å². The molecule has 0 aliphatic heterocycles. The molecule has 0 radical (unpaired) electrons. The minimum absolute atomic E-state index is 0.592. The molecule has 9 heteroatoms. The summed E-state index contributed by atoms with van der Waals surface area (Å²) in [5.74, 6) is -1.18. The second-order valence-electron chi connectivity index (χ2n) is 3.13. The summed E-state index contributed by atoms with van der Waals surface area (Å²) in [4.78, 5) is 0. The first-order valence-electron chi connectivity index (χ1n) is 3.71. The van der Waals surface area contributed by atoms with Gasteiger partial charge in [0.2, 0.25) is 0 Å². The Labute approximate surface area is 90.3 Å². The van der Waals surface area contributed by atoms with E-state index in [2.05, 4.69) is 0 Å². The zero-order valence-electron chi connectivity index (χ0n) is 8.32. The molecule has 0 rings (SSSR count). The third-order valence-corrected chi connectivity index (χ3v) is 4.60. The second kappa shape index (κ2) is 4.83. The Bertz CT molecular complexity index is 479. The average Bonchev–Trinajstić information content (AvgIpc) is 1.96. The molecule has 0 aliphatic carbocycles. The summed E-state index contributed by atoms with van der Waals surface area (Å²) in [5, 5.41) is 1.54. The molecule has 92 valence electrons. The SMILES string of the molecule is CS(=O)(O)=CCS(=O)(=O)CC=S(C)(=O)O. The van der Waals surface area contributed by atoms with Crippen molar-refractivity contribution in [3.05, 3.63) is 0 Å². The van der Waals surface area contributed by atoms with Gasteiger partial charge >= 0.3 is 0 Å². The molecule has 2 N–H and O–H groups in total. The van der Waals surface area contributed by atoms with Crippen molar-refractivity contribution < 1.29 is 25.9 Å². The molecule has 0 aromatic carbocycles. The molecule has 0 bridgehead atoms. The molecule has 15 heavy (non-hydrogen) atoms. The highest BCUT2D eigenvalue weighted by atomic mass is 32.2. The van der Waals surface area contributed by atoms with E-state index in [1.807, 2.05) is 0 Å². The monoisotopic (exact) mass is 278 g/mol. The summed E-state index contributed by atoms with van der Waals surface area (Å²) in [5.41, 5.74) is 0. The fraction of sp³-hybridized carbons (Fsp3) is 0.667. The highest BCUT2D eigenvalue weighted by Gasteiger charge is 2.09. The number of hydrogen-bond donors (Lipinski definition) is 2. The molecule has 6 nitrogen and oxygen atoms in total. The van der Waals surface area contributed by atoms with Crippen molar-refractivity contribution in [1.82, 2.24) is 0 Å². The first-order chi connectivity index (χ1) is 6.41. The van der Waals surface area contributed by atoms with Crippen LogP contribution in [0.4, 0.5) is 0 Å². The van der Waals surface area contributed by atoms with Gasteiger partial charge in [-0.1, -0.05) is 0 Å². The van der Waals surface area contributed by atoms with Gasteiger partial charge in [-0.3, -0.25) is 0 Å². The van der Waals surface area contributed by atoms with Crippen molar-refractivity contribution in [2.75, 3.05) is 24.0 Å². The van der Waals surface area contributed by atoms with Gasteiger partial charge in [0.05, 0.1) is 31.1 Å². The molecule has 2 atom stereocenters. The Balaban J connectivity index is 4.78. The zero-order valence-corrected chi connectivity index (χ0v) is 10.8. The van der Waals surface area contributed by atoms with E-state index >= 15 is 0 Å². The highest BCUT2D eigenvalue weighted by Crippen LogP contribution is 1.89. The lowest BCUT2D eigenvalue weighted by atomic mass is 11.0. The normalized spacial score (nSPS) is 20.0. The maximum atomic E-state index is 11.2. The highest BCUT2D eigenvalue weighted by molar-refractivity contribution is 8.00. The molecule has 0 heterocycles. The summed E-state index contributed by atoms with van der Waals surface area (Å²) in [6.45, 7) is 0. The second-order valence-corrected chi connectivity index (χ2v) is 9.40. The molecule has 0 aromatic heterocycles. The molecule has 0 aromatic rings. The van der Waals surface area contributed by atoms with E-state index in [1.165, 1.54) is 0 Å². The Morgan fingerprint density at radius 2 is 1.13 bits per heavy atom. The number of rotatable bonds is 4. The van der Waals surface area contributed by atoms with Crippen LogP contribution in [0, 0.1) is 0 Å². The number of hydrogen-bond acceptors (Lipinski definition) is 4. The van der Waals surface area contributed by atoms with Crippen molar-refractivity contribution in [2.24, 2.45) is 0 Å². The molecule has 0 spiro atoms. The predicted octanol–water partition coefficient (Wildman–Crippen LogP) is -1.22. The first kappa shape index (κ1) is 14.9. The molecule has 2 unspecified atom stereocenters. The Hall–Kier alpha value is -0.0900. The van der Waals surface area contributed by atoms with E-state index in [4.69, 9.17) is 9.11 Å². The molecule has 0 saturated heterocycles. The first-order valence-corrected chi connectivity index (χ1v) is 9.51. The molecule has 0 fully saturated rings. The summed E-state index contributed by atoms with van der Waals surface area (Å²) in [6, 6.07) is 0. The van der Waals surface area contributed by atoms with E-state index < -0.39 is 40.9 Å². The van der Waals surface area contributed by atoms with Crippen LogP contribution < -0.4 is 0 Å². The van der Waals surface area contributed by atoms with Crippen molar-refractivity contribution in [3.63, 3.8) is 0 Å². The topological polar surface area (TPSA) is 109 Å². The van der Waals surface area contributed by atoms with Crippen LogP contribution in [0.5, 0.6) is 0 Å². The summed E-state index contributed by atoms with van der Waals surface area (Å²) in [6.07, 6.45) is 1.97. The summed E-state index contributed by atoms with van der Waals surface area (Å²) < 4.78 is 61.5. The fourth-order valence-corrected chi connectivity index (χ4v) is 4.34. The summed E-state index contributed by atoms with van der Waals surface area (Å²) in [7, 11) is -10.1. The van der Waals surface area contributed by atoms with Gasteiger partial charge in [0.15, 0.2) is 9.84 Å². The van der Waals surface area contributed by atoms with Crippen molar-refractivity contribution >= 4 is 40.2 Å². The third-order valence-electron chi connectivity index (χ3n) is 1.26. The van der Waals surface area contributed by atoms with Crippen molar-refractivity contribution in [1.29, 1.82) is 0 Å². The average molecular weight is 278 g/mol. The van der Waals surface area contributed by atoms with Crippen LogP contribution in [-0.4, -0.2) is 60.7 Å². The predicted molar refractivity (Wildman–Crippen MR) is 64.2 cm³/mol. The standard InChI is InChI=1S/C6H14O6S3/c1-13(7,8)3-5-15(11,12)6-4-14(2,9)10/h3-4H,5-6H2,1-2H3,(H,7,8)(H,9,10). The van der Waals surface area contributed by atoms with Crippen molar-refractivity contribution in [2.45, 2.75) is 0 Å². The lowest BCUT2D eigenvalue weighted by Crippen LogP contribution is -2.18. The minimum Gasteiger partial charge on any atom is -0.314 e. The number of sulfone groups is 1. The van der Waals surface area contributed by atoms with E-state index in [9.17, 15) is 16.8 Å². The van der Waals surface area contributed by atoms with Crippen LogP contribution in [0.25, 0.3) is 0 Å². The van der Waals surface area contributed by atoms with Crippen LogP contribution in [0.1, 0.15) is 0 Å². The van der Waals surface area contributed by atoms with Crippen LogP contribution in [0.3, 0.4) is 0 Å². The maximum Gasteiger partial charge on any atom is 0.158 e. The van der Waals surface area contributed by atoms with Crippen LogP contribution in [-0.2, 0) is 29.4 Å². The van der Waals surface area contributed by atoms with Gasteiger partial charge in [-0.2, -0.15) is 0 Å². The lowest BCUT2D eigenvalue weighted by molar-refractivity contribution is 0.565. The van der Waals surface area contributed by atoms with E-state index in [0.29, 0.717) is 0 Å². The minimum atomic E-state index is -3.64. The smallest absolute Gasteiger partial charge is 0.158 e. The third kappa shape index (κ3) is 10.2. The van der Waals surface area contributed by atoms with Gasteiger partial charge in [0.1, 0.15) is 0 Å². The van der Waals surface area contributed by atoms with E-state index in [-0.39, 0.29) is 0 Å². The van der Waals surface area contributed by atoms with E-state index in [1.54, 1.807) is 0 Å². The molecular weight excluding hydrogens is 264 g/mol. The lowest BCUT2D eigenvalue weighted by Gasteiger charge is -1.98. The summed E-state index contributed by atoms with van der Waals surface area (Å²) >= 11 is 0. The van der Waals surface area contributed by atoms with E-state index in [0.717, 1.165) is 23.2 Å². The molecular formula is C6H14O6S3. The van der Waals surface area contributed by atoms with Gasteiger partial charge in [-0.15, -0.1) is 0 Å². The van der Waals surface area contributed by atoms with Gasteiger partial charge in [-0.05, 0) is 0 Å². The van der Waals surface area contributed by atoms with Gasteiger partial charge in [-0.25, -0.2) is 16.8 Å². The van der Waals surface area contributed by atoms with Crippen molar-refractivity contribution in [3.8, 4) is 0 Å².